The Kier molecular flexibility index (Phi) is 5.24. The number of rotatable bonds is 4. The second-order valence-electron chi connectivity index (χ2n) is 2.97. The van der Waals surface area contributed by atoms with Gasteiger partial charge in [-0.25, -0.2) is 4.39 Å². The van der Waals surface area contributed by atoms with Gasteiger partial charge in [0.1, 0.15) is 5.82 Å². The first-order valence-corrected chi connectivity index (χ1v) is 6.09. The molecular weight excluding hydrogens is 380 g/mol. The van der Waals surface area contributed by atoms with Crippen molar-refractivity contribution in [3.8, 4) is 0 Å². The van der Waals surface area contributed by atoms with E-state index in [-0.39, 0.29) is 19.0 Å². The summed E-state index contributed by atoms with van der Waals surface area (Å²) in [5.74, 6) is -0.358. The van der Waals surface area contributed by atoms with E-state index >= 15 is 0 Å². The first-order chi connectivity index (χ1) is 7.04. The van der Waals surface area contributed by atoms with Crippen LogP contribution in [0.5, 0.6) is 0 Å². The Morgan fingerprint density at radius 1 is 1.53 bits per heavy atom. The number of nitrogens with one attached hydrogen (secondary N) is 1. The summed E-state index contributed by atoms with van der Waals surface area (Å²) in [4.78, 5) is 0. The van der Waals surface area contributed by atoms with Gasteiger partial charge in [-0.15, -0.1) is 0 Å². The standard InChI is InChI=1S/C9H10BrFINO2/c10-7-1-5(11)2-8(9(7)12)13-3-6(15)4-14/h1-2,6,13-15H,3-4H2. The van der Waals surface area contributed by atoms with Crippen LogP contribution in [0.3, 0.4) is 0 Å². The lowest BCUT2D eigenvalue weighted by atomic mass is 10.3. The predicted molar refractivity (Wildman–Crippen MR) is 68.4 cm³/mol. The zero-order valence-corrected chi connectivity index (χ0v) is 11.4. The van der Waals surface area contributed by atoms with E-state index in [4.69, 9.17) is 10.2 Å². The monoisotopic (exact) mass is 389 g/mol. The molecule has 0 spiro atoms. The van der Waals surface area contributed by atoms with Crippen LogP contribution >= 0.6 is 38.5 Å². The molecule has 1 aromatic rings. The van der Waals surface area contributed by atoms with Gasteiger partial charge in [0.2, 0.25) is 0 Å². The topological polar surface area (TPSA) is 52.5 Å². The fourth-order valence-corrected chi connectivity index (χ4v) is 1.91. The summed E-state index contributed by atoms with van der Waals surface area (Å²) in [5, 5.41) is 20.6. The highest BCUT2D eigenvalue weighted by Crippen LogP contribution is 2.27. The second-order valence-corrected chi connectivity index (χ2v) is 4.90. The van der Waals surface area contributed by atoms with Crippen LogP contribution < -0.4 is 5.32 Å². The number of aliphatic hydroxyl groups is 2. The molecule has 3 N–H and O–H groups in total. The molecule has 0 aliphatic rings. The van der Waals surface area contributed by atoms with Crippen molar-refractivity contribution in [2.75, 3.05) is 18.5 Å². The van der Waals surface area contributed by atoms with Crippen molar-refractivity contribution in [1.82, 2.24) is 0 Å². The number of hydrogen-bond donors (Lipinski definition) is 3. The molecule has 0 aliphatic carbocycles. The van der Waals surface area contributed by atoms with Crippen LogP contribution in [0.4, 0.5) is 10.1 Å². The zero-order chi connectivity index (χ0) is 11.4. The van der Waals surface area contributed by atoms with Gasteiger partial charge in [0.25, 0.3) is 0 Å². The van der Waals surface area contributed by atoms with Crippen molar-refractivity contribution < 1.29 is 14.6 Å². The highest BCUT2D eigenvalue weighted by Gasteiger charge is 2.08. The summed E-state index contributed by atoms with van der Waals surface area (Å²) in [6, 6.07) is 2.71. The normalized spacial score (nSPS) is 12.6. The first-order valence-electron chi connectivity index (χ1n) is 4.22. The third-order valence-corrected chi connectivity index (χ3v) is 4.26. The van der Waals surface area contributed by atoms with Gasteiger partial charge < -0.3 is 15.5 Å². The van der Waals surface area contributed by atoms with E-state index in [1.165, 1.54) is 12.1 Å². The van der Waals surface area contributed by atoms with Gasteiger partial charge in [-0.05, 0) is 50.7 Å². The van der Waals surface area contributed by atoms with Crippen molar-refractivity contribution >= 4 is 44.2 Å². The quantitative estimate of drug-likeness (QED) is 0.545. The fourth-order valence-electron chi connectivity index (χ4n) is 0.977. The lowest BCUT2D eigenvalue weighted by Crippen LogP contribution is -2.23. The maximum Gasteiger partial charge on any atom is 0.126 e. The van der Waals surface area contributed by atoms with E-state index in [1.54, 1.807) is 0 Å². The molecule has 0 radical (unpaired) electrons. The lowest BCUT2D eigenvalue weighted by molar-refractivity contribution is 0.105. The molecule has 84 valence electrons. The summed E-state index contributed by atoms with van der Waals surface area (Å²) in [6.07, 6.45) is -0.845. The van der Waals surface area contributed by atoms with Crippen LogP contribution in [0.1, 0.15) is 0 Å². The molecule has 1 aromatic carbocycles. The molecule has 6 heteroatoms. The van der Waals surface area contributed by atoms with E-state index in [0.29, 0.717) is 10.2 Å². The zero-order valence-electron chi connectivity index (χ0n) is 7.67. The van der Waals surface area contributed by atoms with E-state index in [1.807, 2.05) is 0 Å². The summed E-state index contributed by atoms with van der Waals surface area (Å²) in [7, 11) is 0. The van der Waals surface area contributed by atoms with Gasteiger partial charge in [-0.2, -0.15) is 0 Å². The number of anilines is 1. The molecule has 0 aromatic heterocycles. The van der Waals surface area contributed by atoms with E-state index in [0.717, 1.165) is 3.57 Å². The van der Waals surface area contributed by atoms with Crippen LogP contribution in [-0.2, 0) is 0 Å². The Bertz CT molecular complexity index is 351. The van der Waals surface area contributed by atoms with E-state index in [9.17, 15) is 4.39 Å². The molecule has 0 bridgehead atoms. The summed E-state index contributed by atoms with van der Waals surface area (Å²) in [6.45, 7) is -0.136. The van der Waals surface area contributed by atoms with Gasteiger partial charge in [0.05, 0.1) is 22.0 Å². The molecule has 0 amide bonds. The molecule has 15 heavy (non-hydrogen) atoms. The minimum absolute atomic E-state index is 0.183. The van der Waals surface area contributed by atoms with Crippen LogP contribution in [0.25, 0.3) is 0 Å². The van der Waals surface area contributed by atoms with Gasteiger partial charge in [0, 0.05) is 11.0 Å². The lowest BCUT2D eigenvalue weighted by Gasteiger charge is -2.12. The fraction of sp³-hybridized carbons (Fsp3) is 0.333. The third-order valence-electron chi connectivity index (χ3n) is 1.73. The van der Waals surface area contributed by atoms with E-state index < -0.39 is 6.10 Å². The van der Waals surface area contributed by atoms with Gasteiger partial charge >= 0.3 is 0 Å². The highest BCUT2D eigenvalue weighted by molar-refractivity contribution is 14.1. The number of benzene rings is 1. The molecule has 1 atom stereocenters. The SMILES string of the molecule is OCC(O)CNc1cc(F)cc(Br)c1I. The van der Waals surface area contributed by atoms with Gasteiger partial charge in [-0.3, -0.25) is 0 Å². The molecule has 3 nitrogen and oxygen atoms in total. The molecule has 1 rings (SSSR count). The summed E-state index contributed by atoms with van der Waals surface area (Å²) < 4.78 is 14.5. The van der Waals surface area contributed by atoms with Crippen LogP contribution in [0.15, 0.2) is 16.6 Å². The number of hydrogen-bond acceptors (Lipinski definition) is 3. The van der Waals surface area contributed by atoms with Crippen molar-refractivity contribution in [2.24, 2.45) is 0 Å². The molecule has 0 saturated carbocycles. The van der Waals surface area contributed by atoms with Crippen molar-refractivity contribution in [2.45, 2.75) is 6.10 Å². The largest absolute Gasteiger partial charge is 0.394 e. The van der Waals surface area contributed by atoms with Gasteiger partial charge in [-0.1, -0.05) is 0 Å². The highest BCUT2D eigenvalue weighted by atomic mass is 127. The number of aliphatic hydroxyl groups excluding tert-OH is 2. The Morgan fingerprint density at radius 2 is 2.20 bits per heavy atom. The minimum Gasteiger partial charge on any atom is -0.394 e. The Labute approximate surface area is 109 Å². The molecular formula is C9H10BrFINO2. The Morgan fingerprint density at radius 3 is 2.80 bits per heavy atom. The second kappa shape index (κ2) is 5.97. The number of halogens is 3. The predicted octanol–water partition coefficient (Wildman–Crippen LogP) is 1.96. The molecule has 0 saturated heterocycles. The average molecular weight is 390 g/mol. The molecule has 0 fully saturated rings. The smallest absolute Gasteiger partial charge is 0.126 e. The van der Waals surface area contributed by atoms with Crippen LogP contribution in [0, 0.1) is 9.39 Å². The minimum atomic E-state index is -0.845. The molecule has 1 unspecified atom stereocenters. The first kappa shape index (κ1) is 13.1. The molecule has 0 aliphatic heterocycles. The van der Waals surface area contributed by atoms with Crippen LogP contribution in [-0.4, -0.2) is 29.5 Å². The average Bonchev–Trinajstić information content (AvgIpc) is 2.20. The maximum atomic E-state index is 13.0. The van der Waals surface area contributed by atoms with Crippen molar-refractivity contribution in [1.29, 1.82) is 0 Å². The maximum absolute atomic E-state index is 13.0. The Balaban J connectivity index is 2.76. The van der Waals surface area contributed by atoms with Gasteiger partial charge in [0.15, 0.2) is 0 Å². The van der Waals surface area contributed by atoms with Crippen molar-refractivity contribution in [3.05, 3.63) is 26.0 Å². The van der Waals surface area contributed by atoms with E-state index in [2.05, 4.69) is 43.8 Å². The third kappa shape index (κ3) is 3.86. The Hall–Kier alpha value is 0.0800. The summed E-state index contributed by atoms with van der Waals surface area (Å²) >= 11 is 5.28. The summed E-state index contributed by atoms with van der Waals surface area (Å²) in [5.41, 5.74) is 0.593. The van der Waals surface area contributed by atoms with Crippen molar-refractivity contribution in [3.63, 3.8) is 0 Å². The van der Waals surface area contributed by atoms with Crippen LogP contribution in [0.2, 0.25) is 0 Å². The molecule has 0 heterocycles.